The summed E-state index contributed by atoms with van der Waals surface area (Å²) < 4.78 is 16.2. The van der Waals surface area contributed by atoms with Crippen molar-refractivity contribution in [3.05, 3.63) is 59.0 Å². The van der Waals surface area contributed by atoms with Gasteiger partial charge in [0.2, 0.25) is 5.82 Å². The first-order valence-corrected chi connectivity index (χ1v) is 8.44. The van der Waals surface area contributed by atoms with Gasteiger partial charge in [0.25, 0.3) is 11.4 Å². The van der Waals surface area contributed by atoms with E-state index >= 15 is 0 Å². The van der Waals surface area contributed by atoms with Crippen molar-refractivity contribution in [2.24, 2.45) is 0 Å². The maximum Gasteiger partial charge on any atom is 0.397 e. The van der Waals surface area contributed by atoms with Gasteiger partial charge in [-0.05, 0) is 13.0 Å². The quantitative estimate of drug-likeness (QED) is 0.429. The van der Waals surface area contributed by atoms with E-state index in [9.17, 15) is 9.59 Å². The summed E-state index contributed by atoms with van der Waals surface area (Å²) in [7, 11) is 0. The van der Waals surface area contributed by atoms with Crippen LogP contribution in [0, 0.1) is 0 Å². The lowest BCUT2D eigenvalue weighted by Gasteiger charge is -2.03. The number of carbonyl (C=O) groups excluding carboxylic acids is 1. The molecule has 0 N–H and O–H groups in total. The van der Waals surface area contributed by atoms with Crippen molar-refractivity contribution in [1.29, 1.82) is 0 Å². The van der Waals surface area contributed by atoms with Gasteiger partial charge in [0.05, 0.1) is 24.9 Å². The Morgan fingerprint density at radius 1 is 1.17 bits per heavy atom. The number of hydrogen-bond acceptors (Lipinski definition) is 11. The van der Waals surface area contributed by atoms with Crippen molar-refractivity contribution < 1.29 is 18.6 Å². The molecule has 0 unspecified atom stereocenters. The Morgan fingerprint density at radius 2 is 2.07 bits per heavy atom. The molecule has 0 aromatic carbocycles. The van der Waals surface area contributed by atoms with E-state index in [1.54, 1.807) is 13.0 Å². The second kappa shape index (κ2) is 7.80. The molecular weight excluding hydrogens is 382 g/mol. The lowest BCUT2D eigenvalue weighted by atomic mass is 10.3. The van der Waals surface area contributed by atoms with E-state index in [0.29, 0.717) is 11.3 Å². The van der Waals surface area contributed by atoms with E-state index in [1.807, 2.05) is 0 Å². The van der Waals surface area contributed by atoms with Crippen molar-refractivity contribution in [2.45, 2.75) is 13.5 Å². The fourth-order valence-electron chi connectivity index (χ4n) is 2.39. The minimum absolute atomic E-state index is 0.0271. The molecule has 0 spiro atoms. The van der Waals surface area contributed by atoms with Crippen LogP contribution >= 0.6 is 0 Å². The van der Waals surface area contributed by atoms with Crippen LogP contribution in [-0.4, -0.2) is 47.4 Å². The van der Waals surface area contributed by atoms with Crippen LogP contribution in [-0.2, 0) is 11.3 Å². The highest BCUT2D eigenvalue weighted by Crippen LogP contribution is 2.19. The lowest BCUT2D eigenvalue weighted by Crippen LogP contribution is -2.19. The second-order valence-electron chi connectivity index (χ2n) is 5.63. The standard InChI is InChI=1S/C17H13N7O5/c1-2-27-17(26)16-20-12(22-29-16)9-24-8-10(3-4-13(24)25)15-21-14(23-28-15)11-7-18-5-6-19-11/h3-8H,2,9H2,1H3. The molecule has 0 atom stereocenters. The Morgan fingerprint density at radius 3 is 2.86 bits per heavy atom. The maximum absolute atomic E-state index is 12.2. The molecule has 0 radical (unpaired) electrons. The molecule has 0 aliphatic heterocycles. The van der Waals surface area contributed by atoms with Gasteiger partial charge in [-0.2, -0.15) is 9.97 Å². The maximum atomic E-state index is 12.2. The lowest BCUT2D eigenvalue weighted by molar-refractivity contribution is 0.0470. The smallest absolute Gasteiger partial charge is 0.397 e. The fraction of sp³-hybridized carbons (Fsp3) is 0.176. The highest BCUT2D eigenvalue weighted by molar-refractivity contribution is 5.83. The highest BCUT2D eigenvalue weighted by Gasteiger charge is 2.17. The number of ether oxygens (including phenoxy) is 1. The van der Waals surface area contributed by atoms with Crippen LogP contribution in [0.4, 0.5) is 0 Å². The third-order valence-electron chi connectivity index (χ3n) is 3.68. The molecule has 12 nitrogen and oxygen atoms in total. The Bertz CT molecular complexity index is 1200. The zero-order valence-corrected chi connectivity index (χ0v) is 15.1. The van der Waals surface area contributed by atoms with E-state index in [0.717, 1.165) is 0 Å². The van der Waals surface area contributed by atoms with Gasteiger partial charge in [-0.1, -0.05) is 10.3 Å². The number of rotatable bonds is 6. The zero-order valence-electron chi connectivity index (χ0n) is 15.1. The molecule has 0 aliphatic carbocycles. The van der Waals surface area contributed by atoms with Gasteiger partial charge in [0.15, 0.2) is 5.82 Å². The predicted octanol–water partition coefficient (Wildman–Crippen LogP) is 0.963. The van der Waals surface area contributed by atoms with Crippen LogP contribution in [0.15, 0.2) is 50.8 Å². The number of hydrogen-bond donors (Lipinski definition) is 0. The topological polar surface area (TPSA) is 152 Å². The summed E-state index contributed by atoms with van der Waals surface area (Å²) in [5.74, 6) is -0.410. The van der Waals surface area contributed by atoms with Crippen molar-refractivity contribution in [2.75, 3.05) is 6.61 Å². The van der Waals surface area contributed by atoms with Crippen LogP contribution in [0.1, 0.15) is 23.4 Å². The minimum atomic E-state index is -0.727. The van der Waals surface area contributed by atoms with Crippen molar-refractivity contribution >= 4 is 5.97 Å². The number of aromatic nitrogens is 7. The Labute approximate surface area is 162 Å². The van der Waals surface area contributed by atoms with E-state index in [-0.39, 0.29) is 42.1 Å². The highest BCUT2D eigenvalue weighted by atomic mass is 16.6. The predicted molar refractivity (Wildman–Crippen MR) is 94.4 cm³/mol. The molecule has 0 fully saturated rings. The third kappa shape index (κ3) is 3.90. The molecule has 4 aromatic rings. The van der Waals surface area contributed by atoms with Gasteiger partial charge < -0.3 is 18.4 Å². The van der Waals surface area contributed by atoms with Crippen molar-refractivity contribution in [3.8, 4) is 23.0 Å². The molecular formula is C17H13N7O5. The first-order valence-electron chi connectivity index (χ1n) is 8.44. The molecule has 4 rings (SSSR count). The average Bonchev–Trinajstić information content (AvgIpc) is 3.41. The normalized spacial score (nSPS) is 10.8. The van der Waals surface area contributed by atoms with Crippen LogP contribution in [0.25, 0.3) is 23.0 Å². The van der Waals surface area contributed by atoms with Crippen molar-refractivity contribution in [1.82, 2.24) is 34.8 Å². The van der Waals surface area contributed by atoms with E-state index < -0.39 is 5.97 Å². The second-order valence-corrected chi connectivity index (χ2v) is 5.63. The minimum Gasteiger partial charge on any atom is -0.459 e. The summed E-state index contributed by atoms with van der Waals surface area (Å²) in [5.41, 5.74) is 0.639. The molecule has 0 aliphatic rings. The zero-order chi connectivity index (χ0) is 20.2. The summed E-state index contributed by atoms with van der Waals surface area (Å²) in [6, 6.07) is 2.89. The summed E-state index contributed by atoms with van der Waals surface area (Å²) >= 11 is 0. The summed E-state index contributed by atoms with van der Waals surface area (Å²) in [4.78, 5) is 40.1. The molecule has 0 amide bonds. The number of nitrogens with zero attached hydrogens (tertiary/aromatic N) is 7. The third-order valence-corrected chi connectivity index (χ3v) is 3.68. The van der Waals surface area contributed by atoms with Gasteiger partial charge in [-0.25, -0.2) is 9.78 Å². The SMILES string of the molecule is CCOC(=O)c1nc(Cn2cc(-c3nc(-c4cnccn4)no3)ccc2=O)no1. The Balaban J connectivity index is 1.58. The molecule has 4 aromatic heterocycles. The van der Waals surface area contributed by atoms with Gasteiger partial charge in [-0.3, -0.25) is 9.78 Å². The van der Waals surface area contributed by atoms with Crippen molar-refractivity contribution in [3.63, 3.8) is 0 Å². The first kappa shape index (κ1) is 18.2. The summed E-state index contributed by atoms with van der Waals surface area (Å²) in [6.07, 6.45) is 6.07. The molecule has 0 saturated heterocycles. The molecule has 0 bridgehead atoms. The summed E-state index contributed by atoms with van der Waals surface area (Å²) in [5, 5.41) is 7.56. The first-order chi connectivity index (χ1) is 14.1. The van der Waals surface area contributed by atoms with Gasteiger partial charge in [0.1, 0.15) is 5.69 Å². The molecule has 29 heavy (non-hydrogen) atoms. The number of carbonyl (C=O) groups is 1. The molecule has 4 heterocycles. The Hall–Kier alpha value is -4.22. The average molecular weight is 395 g/mol. The van der Waals surface area contributed by atoms with Crippen LogP contribution in [0.5, 0.6) is 0 Å². The van der Waals surface area contributed by atoms with E-state index in [4.69, 9.17) is 13.8 Å². The Kier molecular flexibility index (Phi) is 4.88. The molecule has 12 heteroatoms. The largest absolute Gasteiger partial charge is 0.459 e. The molecule has 146 valence electrons. The van der Waals surface area contributed by atoms with E-state index in [2.05, 4.69) is 30.2 Å². The summed E-state index contributed by atoms with van der Waals surface area (Å²) in [6.45, 7) is 1.81. The number of esters is 1. The molecule has 0 saturated carbocycles. The van der Waals surface area contributed by atoms with Gasteiger partial charge >= 0.3 is 11.9 Å². The monoisotopic (exact) mass is 395 g/mol. The number of pyridine rings is 1. The van der Waals surface area contributed by atoms with Gasteiger partial charge in [0, 0.05) is 24.7 Å². The van der Waals surface area contributed by atoms with Crippen LogP contribution in [0.3, 0.4) is 0 Å². The van der Waals surface area contributed by atoms with Crippen LogP contribution < -0.4 is 5.56 Å². The fourth-order valence-corrected chi connectivity index (χ4v) is 2.39. The van der Waals surface area contributed by atoms with E-state index in [1.165, 1.54) is 35.4 Å². The van der Waals surface area contributed by atoms with Gasteiger partial charge in [-0.15, -0.1) is 0 Å². The van der Waals surface area contributed by atoms with Crippen LogP contribution in [0.2, 0.25) is 0 Å².